The molecule has 0 radical (unpaired) electrons. The minimum Gasteiger partial charge on any atom is -0.311 e. The van der Waals surface area contributed by atoms with Gasteiger partial charge in [-0.3, -0.25) is 0 Å². The van der Waals surface area contributed by atoms with E-state index in [-0.39, 0.29) is 16.7 Å². The Morgan fingerprint density at radius 2 is 1.19 bits per heavy atom. The van der Waals surface area contributed by atoms with E-state index in [1.807, 2.05) is 0 Å². The maximum atomic E-state index is 2.65. The van der Waals surface area contributed by atoms with E-state index < -0.39 is 0 Å². The number of anilines is 3. The van der Waals surface area contributed by atoms with Crippen LogP contribution in [0.1, 0.15) is 76.1 Å². The van der Waals surface area contributed by atoms with Gasteiger partial charge in [-0.15, -0.1) is 0 Å². The van der Waals surface area contributed by atoms with Crippen LogP contribution in [0.2, 0.25) is 0 Å². The minimum atomic E-state index is -0.357. The minimum absolute atomic E-state index is 0.233. The summed E-state index contributed by atoms with van der Waals surface area (Å²) in [7, 11) is 0. The van der Waals surface area contributed by atoms with Gasteiger partial charge in [-0.2, -0.15) is 0 Å². The van der Waals surface area contributed by atoms with Gasteiger partial charge in [0, 0.05) is 44.9 Å². The predicted octanol–water partition coefficient (Wildman–Crippen LogP) is 16.7. The Bertz CT molecular complexity index is 3680. The van der Waals surface area contributed by atoms with Crippen molar-refractivity contribution in [3.05, 3.63) is 280 Å². The fourth-order valence-corrected chi connectivity index (χ4v) is 14.6. The molecule has 69 heavy (non-hydrogen) atoms. The molecule has 9 aromatic rings. The number of aromatic nitrogens is 1. The quantitative estimate of drug-likeness (QED) is 0.160. The highest BCUT2D eigenvalue weighted by atomic mass is 15.1. The van der Waals surface area contributed by atoms with Crippen LogP contribution in [0.15, 0.2) is 236 Å². The van der Waals surface area contributed by atoms with Gasteiger partial charge in [-0.25, -0.2) is 0 Å². The van der Waals surface area contributed by atoms with Gasteiger partial charge in [0.05, 0.1) is 16.4 Å². The van der Waals surface area contributed by atoms with E-state index in [2.05, 4.69) is 240 Å². The molecule has 1 heterocycles. The average Bonchev–Trinajstić information content (AvgIpc) is 3.93. The molecule has 0 N–H and O–H groups in total. The summed E-state index contributed by atoms with van der Waals surface area (Å²) in [6.45, 7) is 0. The van der Waals surface area contributed by atoms with Crippen molar-refractivity contribution in [2.24, 2.45) is 5.92 Å². The zero-order valence-electron chi connectivity index (χ0n) is 38.5. The smallest absolute Gasteiger partial charge is 0.0682 e. The fraction of sp³-hybridized carbons (Fsp3) is 0.134. The van der Waals surface area contributed by atoms with E-state index in [4.69, 9.17) is 0 Å². The standard InChI is InChI=1S/C67H50N2/c1-4-20-44-36-43-62-63(49(44)25-9-1)53-41-42-61-64(65(53)69(62)48-39-37-47(38-40-48)68(45-21-5-2-6-22-45)46-23-7-3-8-24-46)52-28-12-15-31-56(52)67(61)59-34-18-16-32-57(59)66(58-33-17-19-35-60(58)67)54-29-13-10-26-50(54)51-27-11-14-30-55(51)66/h1-14,16,18-19,21-30,32,34-43,52,56H,15,17,20,31,33H2. The average molecular weight is 883 g/mol. The Hall–Kier alpha value is -7.94. The first kappa shape index (κ1) is 39.1. The van der Waals surface area contributed by atoms with Gasteiger partial charge >= 0.3 is 0 Å². The maximum absolute atomic E-state index is 2.65. The van der Waals surface area contributed by atoms with Crippen LogP contribution in [0.4, 0.5) is 17.1 Å². The number of para-hydroxylation sites is 2. The molecule has 15 rings (SSSR count). The van der Waals surface area contributed by atoms with Gasteiger partial charge in [0.1, 0.15) is 0 Å². The first-order chi connectivity index (χ1) is 34.3. The normalized spacial score (nSPS) is 20.6. The third-order valence-electron chi connectivity index (χ3n) is 17.0. The fourth-order valence-electron chi connectivity index (χ4n) is 14.6. The molecule has 0 bridgehead atoms. The lowest BCUT2D eigenvalue weighted by Gasteiger charge is -2.53. The molecule has 6 aliphatic rings. The van der Waals surface area contributed by atoms with Crippen LogP contribution in [0.25, 0.3) is 44.7 Å². The molecule has 1 aromatic heterocycles. The zero-order valence-corrected chi connectivity index (χ0v) is 38.5. The molecule has 2 heteroatoms. The second-order valence-electron chi connectivity index (χ2n) is 20.0. The zero-order chi connectivity index (χ0) is 45.3. The van der Waals surface area contributed by atoms with Crippen LogP contribution in [0.3, 0.4) is 0 Å². The maximum Gasteiger partial charge on any atom is 0.0682 e. The molecule has 3 atom stereocenters. The van der Waals surface area contributed by atoms with Gasteiger partial charge < -0.3 is 9.47 Å². The number of allylic oxidation sites excluding steroid dienone is 9. The molecular weight excluding hydrogens is 833 g/mol. The van der Waals surface area contributed by atoms with Crippen molar-refractivity contribution in [2.75, 3.05) is 4.90 Å². The van der Waals surface area contributed by atoms with Crippen molar-refractivity contribution in [1.29, 1.82) is 0 Å². The third kappa shape index (κ3) is 5.11. The highest BCUT2D eigenvalue weighted by molar-refractivity contribution is 6.15. The first-order valence-electron chi connectivity index (χ1n) is 25.1. The molecule has 0 saturated heterocycles. The highest BCUT2D eigenvalue weighted by Crippen LogP contribution is 2.71. The summed E-state index contributed by atoms with van der Waals surface area (Å²) in [6, 6.07) is 69.2. The van der Waals surface area contributed by atoms with Gasteiger partial charge in [-0.05, 0) is 159 Å². The highest BCUT2D eigenvalue weighted by Gasteiger charge is 2.63. The van der Waals surface area contributed by atoms with E-state index in [9.17, 15) is 0 Å². The number of hydrogen-bond acceptors (Lipinski definition) is 1. The van der Waals surface area contributed by atoms with Crippen molar-refractivity contribution < 1.29 is 0 Å². The van der Waals surface area contributed by atoms with Crippen molar-refractivity contribution in [3.8, 4) is 16.8 Å². The number of fused-ring (bicyclic) bond motifs is 21. The summed E-state index contributed by atoms with van der Waals surface area (Å²) >= 11 is 0. The van der Waals surface area contributed by atoms with E-state index in [0.717, 1.165) is 49.2 Å². The number of benzene rings is 8. The summed E-state index contributed by atoms with van der Waals surface area (Å²) in [5, 5.41) is 2.69. The Kier molecular flexibility index (Phi) is 8.37. The van der Waals surface area contributed by atoms with Crippen LogP contribution in [0.5, 0.6) is 0 Å². The number of hydrogen-bond donors (Lipinski definition) is 0. The summed E-state index contributed by atoms with van der Waals surface area (Å²) in [5.74, 6) is 0.582. The van der Waals surface area contributed by atoms with Crippen LogP contribution < -0.4 is 4.90 Å². The molecule has 2 spiro atoms. The summed E-state index contributed by atoms with van der Waals surface area (Å²) < 4.78 is 2.65. The Morgan fingerprint density at radius 1 is 0.522 bits per heavy atom. The molecule has 328 valence electrons. The van der Waals surface area contributed by atoms with Crippen molar-refractivity contribution in [2.45, 2.75) is 48.9 Å². The number of rotatable bonds is 4. The van der Waals surface area contributed by atoms with Gasteiger partial charge in [-0.1, -0.05) is 176 Å². The van der Waals surface area contributed by atoms with Gasteiger partial charge in [0.25, 0.3) is 0 Å². The molecule has 0 fully saturated rings. The lowest BCUT2D eigenvalue weighted by Crippen LogP contribution is -2.47. The summed E-state index contributed by atoms with van der Waals surface area (Å²) in [5.41, 5.74) is 23.9. The molecule has 6 aliphatic carbocycles. The molecule has 2 nitrogen and oxygen atoms in total. The molecule has 0 amide bonds. The van der Waals surface area contributed by atoms with Crippen LogP contribution in [-0.2, 0) is 17.3 Å². The molecular formula is C67H50N2. The van der Waals surface area contributed by atoms with Crippen molar-refractivity contribution in [3.63, 3.8) is 0 Å². The van der Waals surface area contributed by atoms with Crippen molar-refractivity contribution >= 4 is 44.9 Å². The van der Waals surface area contributed by atoms with Crippen LogP contribution in [-0.4, -0.2) is 4.57 Å². The SMILES string of the molecule is C1=CCc2ccc3c(c2C=C1)c1ccc2c(c1n3-c1ccc(N(c3ccccc3)c3ccccc3)cc1)C1C=CCCC1C21C2=C(CCC=C2)C2(c3ccccc3-c3ccccc32)c2ccccc21. The van der Waals surface area contributed by atoms with Gasteiger partial charge in [0.15, 0.2) is 0 Å². The van der Waals surface area contributed by atoms with E-state index in [1.165, 1.54) is 83.1 Å². The van der Waals surface area contributed by atoms with E-state index in [1.54, 1.807) is 11.1 Å². The summed E-state index contributed by atoms with van der Waals surface area (Å²) in [4.78, 5) is 2.36. The topological polar surface area (TPSA) is 8.17 Å². The molecule has 3 unspecified atom stereocenters. The number of nitrogens with zero attached hydrogens (tertiary/aromatic N) is 2. The third-order valence-corrected chi connectivity index (χ3v) is 17.0. The molecule has 8 aromatic carbocycles. The lowest BCUT2D eigenvalue weighted by atomic mass is 9.49. The van der Waals surface area contributed by atoms with E-state index in [0.29, 0.717) is 5.92 Å². The van der Waals surface area contributed by atoms with Crippen molar-refractivity contribution in [1.82, 2.24) is 4.57 Å². The van der Waals surface area contributed by atoms with Crippen LogP contribution >= 0.6 is 0 Å². The van der Waals surface area contributed by atoms with Crippen LogP contribution in [0, 0.1) is 5.92 Å². The van der Waals surface area contributed by atoms with Gasteiger partial charge in [0.2, 0.25) is 0 Å². The lowest BCUT2D eigenvalue weighted by molar-refractivity contribution is 0.330. The molecule has 0 saturated carbocycles. The predicted molar refractivity (Wildman–Crippen MR) is 286 cm³/mol. The Morgan fingerprint density at radius 3 is 1.93 bits per heavy atom. The Balaban J connectivity index is 1.04. The largest absolute Gasteiger partial charge is 0.311 e. The monoisotopic (exact) mass is 882 g/mol. The first-order valence-corrected chi connectivity index (χ1v) is 25.1. The Labute approximate surface area is 404 Å². The second-order valence-corrected chi connectivity index (χ2v) is 20.0. The molecule has 0 aliphatic heterocycles. The van der Waals surface area contributed by atoms with E-state index >= 15 is 0 Å². The second kappa shape index (κ2) is 14.8. The summed E-state index contributed by atoms with van der Waals surface area (Å²) in [6.07, 6.45) is 24.6.